The summed E-state index contributed by atoms with van der Waals surface area (Å²) in [6, 6.07) is 3.81. The van der Waals surface area contributed by atoms with Gasteiger partial charge in [0.05, 0.1) is 10.4 Å². The molecular formula is C13H10F2OS. The number of hydrogen-bond acceptors (Lipinski definition) is 2. The molecule has 2 rings (SSSR count). The van der Waals surface area contributed by atoms with Crippen LogP contribution in [0.3, 0.4) is 0 Å². The highest BCUT2D eigenvalue weighted by Crippen LogP contribution is 2.23. The number of carbonyl (C=O) groups excluding carboxylic acids is 1. The van der Waals surface area contributed by atoms with Gasteiger partial charge in [0.2, 0.25) is 5.78 Å². The molecule has 0 aliphatic heterocycles. The quantitative estimate of drug-likeness (QED) is 0.741. The molecule has 0 fully saturated rings. The Kier molecular flexibility index (Phi) is 3.07. The molecule has 0 amide bonds. The van der Waals surface area contributed by atoms with Crippen molar-refractivity contribution in [1.29, 1.82) is 0 Å². The van der Waals surface area contributed by atoms with E-state index in [9.17, 15) is 13.6 Å². The summed E-state index contributed by atoms with van der Waals surface area (Å²) < 4.78 is 26.6. The summed E-state index contributed by atoms with van der Waals surface area (Å²) in [5.74, 6) is -1.84. The molecule has 0 radical (unpaired) electrons. The molecule has 1 aromatic carbocycles. The van der Waals surface area contributed by atoms with Gasteiger partial charge in [-0.3, -0.25) is 4.79 Å². The van der Waals surface area contributed by atoms with E-state index >= 15 is 0 Å². The second-order valence-corrected chi connectivity index (χ2v) is 4.76. The third-order valence-corrected chi connectivity index (χ3v) is 3.58. The summed E-state index contributed by atoms with van der Waals surface area (Å²) >= 11 is 1.26. The van der Waals surface area contributed by atoms with Gasteiger partial charge in [0.25, 0.3) is 0 Å². The molecule has 88 valence electrons. The average Bonchev–Trinajstić information content (AvgIpc) is 2.69. The minimum absolute atomic E-state index is 0.0746. The Morgan fingerprint density at radius 2 is 1.82 bits per heavy atom. The molecule has 1 heterocycles. The Morgan fingerprint density at radius 1 is 1.12 bits per heavy atom. The van der Waals surface area contributed by atoms with Crippen molar-refractivity contribution in [2.75, 3.05) is 0 Å². The van der Waals surface area contributed by atoms with Gasteiger partial charge < -0.3 is 0 Å². The van der Waals surface area contributed by atoms with E-state index in [2.05, 4.69) is 0 Å². The van der Waals surface area contributed by atoms with Crippen LogP contribution in [0.15, 0.2) is 23.6 Å². The van der Waals surface area contributed by atoms with Gasteiger partial charge >= 0.3 is 0 Å². The zero-order valence-electron chi connectivity index (χ0n) is 9.38. The fourth-order valence-electron chi connectivity index (χ4n) is 1.56. The summed E-state index contributed by atoms with van der Waals surface area (Å²) in [7, 11) is 0. The maximum absolute atomic E-state index is 13.5. The summed E-state index contributed by atoms with van der Waals surface area (Å²) in [5.41, 5.74) is 1.000. The Hall–Kier alpha value is -1.55. The second kappa shape index (κ2) is 4.37. The minimum atomic E-state index is -0.814. The molecule has 0 bridgehead atoms. The maximum Gasteiger partial charge on any atom is 0.206 e. The zero-order chi connectivity index (χ0) is 12.6. The van der Waals surface area contributed by atoms with E-state index in [4.69, 9.17) is 0 Å². The van der Waals surface area contributed by atoms with Crippen LogP contribution in [0.4, 0.5) is 8.78 Å². The lowest BCUT2D eigenvalue weighted by Gasteiger charge is -2.04. The molecule has 1 aromatic heterocycles. The number of carbonyl (C=O) groups is 1. The Morgan fingerprint density at radius 3 is 2.41 bits per heavy atom. The normalized spacial score (nSPS) is 10.6. The first kappa shape index (κ1) is 11.9. The second-order valence-electron chi connectivity index (χ2n) is 3.84. The van der Waals surface area contributed by atoms with Crippen LogP contribution < -0.4 is 0 Å². The topological polar surface area (TPSA) is 17.1 Å². The van der Waals surface area contributed by atoms with Crippen molar-refractivity contribution < 1.29 is 13.6 Å². The van der Waals surface area contributed by atoms with Crippen molar-refractivity contribution in [1.82, 2.24) is 0 Å². The number of hydrogen-bond donors (Lipinski definition) is 0. The Labute approximate surface area is 102 Å². The molecule has 0 unspecified atom stereocenters. The van der Waals surface area contributed by atoms with E-state index in [0.29, 0.717) is 4.88 Å². The third-order valence-electron chi connectivity index (χ3n) is 2.56. The Bertz CT molecular complexity index is 587. The van der Waals surface area contributed by atoms with E-state index < -0.39 is 17.4 Å². The van der Waals surface area contributed by atoms with Crippen LogP contribution in [0.5, 0.6) is 0 Å². The number of ketones is 1. The fourth-order valence-corrected chi connectivity index (χ4v) is 2.44. The molecule has 0 saturated carbocycles. The molecule has 0 saturated heterocycles. The highest BCUT2D eigenvalue weighted by Gasteiger charge is 2.18. The zero-order valence-corrected chi connectivity index (χ0v) is 10.2. The lowest BCUT2D eigenvalue weighted by atomic mass is 10.0. The molecule has 2 aromatic rings. The van der Waals surface area contributed by atoms with Gasteiger partial charge in [-0.1, -0.05) is 0 Å². The predicted molar refractivity (Wildman–Crippen MR) is 63.6 cm³/mol. The van der Waals surface area contributed by atoms with Gasteiger partial charge in [0, 0.05) is 6.07 Å². The van der Waals surface area contributed by atoms with E-state index in [1.165, 1.54) is 24.3 Å². The van der Waals surface area contributed by atoms with Gasteiger partial charge in [-0.25, -0.2) is 8.78 Å². The molecule has 0 aliphatic rings. The standard InChI is InChI=1S/C13H10F2OS/c1-7-3-4-17-13(7)12(16)9-5-8(2)10(14)6-11(9)15/h3-6H,1-2H3. The number of benzene rings is 1. The number of rotatable bonds is 2. The first-order chi connectivity index (χ1) is 8.00. The summed E-state index contributed by atoms with van der Waals surface area (Å²) in [4.78, 5) is 12.6. The SMILES string of the molecule is Cc1cc(C(=O)c2sccc2C)c(F)cc1F. The van der Waals surface area contributed by atoms with Gasteiger partial charge in [-0.05, 0) is 42.5 Å². The van der Waals surface area contributed by atoms with Crippen LogP contribution in [0.1, 0.15) is 26.4 Å². The third kappa shape index (κ3) is 2.13. The van der Waals surface area contributed by atoms with Crippen molar-refractivity contribution >= 4 is 17.1 Å². The smallest absolute Gasteiger partial charge is 0.206 e. The van der Waals surface area contributed by atoms with Gasteiger partial charge in [-0.2, -0.15) is 0 Å². The molecule has 4 heteroatoms. The monoisotopic (exact) mass is 252 g/mol. The van der Waals surface area contributed by atoms with E-state index in [1.54, 1.807) is 18.4 Å². The highest BCUT2D eigenvalue weighted by atomic mass is 32.1. The van der Waals surface area contributed by atoms with E-state index in [-0.39, 0.29) is 11.1 Å². The van der Waals surface area contributed by atoms with Crippen LogP contribution in [-0.4, -0.2) is 5.78 Å². The van der Waals surface area contributed by atoms with Crippen LogP contribution in [-0.2, 0) is 0 Å². The van der Waals surface area contributed by atoms with Gasteiger partial charge in [-0.15, -0.1) is 11.3 Å². The predicted octanol–water partition coefficient (Wildman–Crippen LogP) is 3.87. The Balaban J connectivity index is 2.52. The van der Waals surface area contributed by atoms with Gasteiger partial charge in [0.1, 0.15) is 11.6 Å². The van der Waals surface area contributed by atoms with Crippen LogP contribution in [0.2, 0.25) is 0 Å². The van der Waals surface area contributed by atoms with Gasteiger partial charge in [0.15, 0.2) is 0 Å². The van der Waals surface area contributed by atoms with Crippen molar-refractivity contribution in [3.8, 4) is 0 Å². The first-order valence-corrected chi connectivity index (χ1v) is 5.93. The molecule has 0 atom stereocenters. The first-order valence-electron chi connectivity index (χ1n) is 5.05. The molecule has 0 aliphatic carbocycles. The number of aryl methyl sites for hydroxylation is 2. The molecule has 0 N–H and O–H groups in total. The molecule has 0 spiro atoms. The lowest BCUT2D eigenvalue weighted by Crippen LogP contribution is -2.05. The summed E-state index contributed by atoms with van der Waals surface area (Å²) in [6.45, 7) is 3.30. The maximum atomic E-state index is 13.5. The minimum Gasteiger partial charge on any atom is -0.288 e. The lowest BCUT2D eigenvalue weighted by molar-refractivity contribution is 0.103. The van der Waals surface area contributed by atoms with Crippen molar-refractivity contribution in [3.63, 3.8) is 0 Å². The molecule has 17 heavy (non-hydrogen) atoms. The molecular weight excluding hydrogens is 242 g/mol. The van der Waals surface area contributed by atoms with Crippen LogP contribution in [0, 0.1) is 25.5 Å². The molecule has 1 nitrogen and oxygen atoms in total. The average molecular weight is 252 g/mol. The van der Waals surface area contributed by atoms with Crippen LogP contribution >= 0.6 is 11.3 Å². The van der Waals surface area contributed by atoms with E-state index in [0.717, 1.165) is 11.6 Å². The summed E-state index contributed by atoms with van der Waals surface area (Å²) in [6.07, 6.45) is 0. The van der Waals surface area contributed by atoms with Crippen molar-refractivity contribution in [2.45, 2.75) is 13.8 Å². The largest absolute Gasteiger partial charge is 0.288 e. The van der Waals surface area contributed by atoms with E-state index in [1.807, 2.05) is 0 Å². The fraction of sp³-hybridized carbons (Fsp3) is 0.154. The number of thiophene rings is 1. The van der Waals surface area contributed by atoms with Crippen molar-refractivity contribution in [2.24, 2.45) is 0 Å². The number of halogens is 2. The van der Waals surface area contributed by atoms with Crippen LogP contribution in [0.25, 0.3) is 0 Å². The summed E-state index contributed by atoms with van der Waals surface area (Å²) in [5, 5.41) is 1.77. The van der Waals surface area contributed by atoms with Crippen molar-refractivity contribution in [3.05, 3.63) is 56.8 Å². The highest BCUT2D eigenvalue weighted by molar-refractivity contribution is 7.12.